The summed E-state index contributed by atoms with van der Waals surface area (Å²) in [6.07, 6.45) is -1.83. The van der Waals surface area contributed by atoms with Crippen molar-refractivity contribution in [1.82, 2.24) is 0 Å². The van der Waals surface area contributed by atoms with E-state index in [1.165, 1.54) is 12.1 Å². The quantitative estimate of drug-likeness (QED) is 0.835. The van der Waals surface area contributed by atoms with Gasteiger partial charge in [-0.15, -0.1) is 0 Å². The molecule has 0 aromatic heterocycles. The zero-order valence-corrected chi connectivity index (χ0v) is 8.75. The Bertz CT molecular complexity index is 453. The highest BCUT2D eigenvalue weighted by molar-refractivity contribution is 6.35. The molecule has 4 nitrogen and oxygen atoms in total. The largest absolute Gasteiger partial charge is 0.479 e. The van der Waals surface area contributed by atoms with Crippen LogP contribution in [0, 0.1) is 11.3 Å². The molecular weight excluding hydrogens is 241 g/mol. The van der Waals surface area contributed by atoms with E-state index in [1.807, 2.05) is 0 Å². The van der Waals surface area contributed by atoms with Crippen molar-refractivity contribution >= 4 is 29.2 Å². The van der Waals surface area contributed by atoms with E-state index in [0.717, 1.165) is 0 Å². The van der Waals surface area contributed by atoms with E-state index < -0.39 is 12.1 Å². The van der Waals surface area contributed by atoms with E-state index in [1.54, 1.807) is 6.07 Å². The molecule has 0 spiro atoms. The summed E-state index contributed by atoms with van der Waals surface area (Å²) in [6.45, 7) is 0. The van der Waals surface area contributed by atoms with E-state index in [-0.39, 0.29) is 21.2 Å². The second-order valence-corrected chi connectivity index (χ2v) is 3.55. The Morgan fingerprint density at radius 2 is 2.07 bits per heavy atom. The number of aliphatic hydroxyl groups excluding tert-OH is 1. The van der Waals surface area contributed by atoms with Crippen LogP contribution in [-0.2, 0) is 4.79 Å². The maximum atomic E-state index is 10.6. The Balaban J connectivity index is 3.41. The van der Waals surface area contributed by atoms with Gasteiger partial charge in [-0.05, 0) is 12.1 Å². The average Bonchev–Trinajstić information content (AvgIpc) is 2.15. The number of carbonyl (C=O) groups is 1. The fraction of sp³-hybridized carbons (Fsp3) is 0.111. The molecule has 78 valence electrons. The highest BCUT2D eigenvalue weighted by atomic mass is 35.5. The average molecular weight is 246 g/mol. The molecule has 0 radical (unpaired) electrons. The van der Waals surface area contributed by atoms with Crippen LogP contribution in [0.15, 0.2) is 12.1 Å². The van der Waals surface area contributed by atoms with Crippen LogP contribution >= 0.6 is 23.2 Å². The molecule has 6 heteroatoms. The van der Waals surface area contributed by atoms with Crippen LogP contribution in [-0.4, -0.2) is 16.2 Å². The van der Waals surface area contributed by atoms with Crippen LogP contribution in [0.1, 0.15) is 17.2 Å². The molecule has 1 aromatic rings. The number of hydrogen-bond acceptors (Lipinski definition) is 3. The van der Waals surface area contributed by atoms with Gasteiger partial charge in [0, 0.05) is 15.6 Å². The van der Waals surface area contributed by atoms with Crippen molar-refractivity contribution in [2.24, 2.45) is 0 Å². The van der Waals surface area contributed by atoms with Gasteiger partial charge in [0.2, 0.25) is 0 Å². The van der Waals surface area contributed by atoms with E-state index in [2.05, 4.69) is 0 Å². The number of carboxylic acids is 1. The number of rotatable bonds is 2. The zero-order valence-electron chi connectivity index (χ0n) is 7.24. The fourth-order valence-electron chi connectivity index (χ4n) is 1.08. The minimum atomic E-state index is -1.83. The van der Waals surface area contributed by atoms with Gasteiger partial charge in [-0.2, -0.15) is 5.26 Å². The van der Waals surface area contributed by atoms with Crippen LogP contribution in [0.4, 0.5) is 0 Å². The summed E-state index contributed by atoms with van der Waals surface area (Å²) in [7, 11) is 0. The van der Waals surface area contributed by atoms with Crippen molar-refractivity contribution in [2.75, 3.05) is 0 Å². The normalized spacial score (nSPS) is 11.9. The third-order valence-electron chi connectivity index (χ3n) is 1.72. The first-order chi connectivity index (χ1) is 6.97. The van der Waals surface area contributed by atoms with E-state index in [9.17, 15) is 9.90 Å². The summed E-state index contributed by atoms with van der Waals surface area (Å²) >= 11 is 11.3. The first kappa shape index (κ1) is 11.8. The molecule has 0 fully saturated rings. The van der Waals surface area contributed by atoms with E-state index >= 15 is 0 Å². The molecule has 1 atom stereocenters. The zero-order chi connectivity index (χ0) is 11.6. The number of aliphatic carboxylic acids is 1. The molecule has 0 aliphatic rings. The number of carboxylic acid groups (broad SMARTS) is 1. The number of hydrogen-bond donors (Lipinski definition) is 2. The fourth-order valence-corrected chi connectivity index (χ4v) is 1.68. The van der Waals surface area contributed by atoms with Gasteiger partial charge in [0.15, 0.2) is 6.10 Å². The molecular formula is C9H5Cl2NO3. The number of nitriles is 1. The third-order valence-corrected chi connectivity index (χ3v) is 2.25. The maximum absolute atomic E-state index is 10.6. The van der Waals surface area contributed by atoms with Crippen molar-refractivity contribution in [3.05, 3.63) is 33.3 Å². The molecule has 0 heterocycles. The minimum absolute atomic E-state index is 0.0473. The van der Waals surface area contributed by atoms with Gasteiger partial charge in [0.25, 0.3) is 0 Å². The predicted octanol–water partition coefficient (Wildman–Crippen LogP) is 1.98. The maximum Gasteiger partial charge on any atom is 0.337 e. The van der Waals surface area contributed by atoms with Crippen molar-refractivity contribution in [3.63, 3.8) is 0 Å². The Kier molecular flexibility index (Phi) is 3.53. The van der Waals surface area contributed by atoms with Crippen LogP contribution < -0.4 is 0 Å². The van der Waals surface area contributed by atoms with Crippen molar-refractivity contribution in [2.45, 2.75) is 6.10 Å². The highest BCUT2D eigenvalue weighted by Gasteiger charge is 2.23. The third kappa shape index (κ3) is 2.39. The monoisotopic (exact) mass is 245 g/mol. The molecule has 0 bridgehead atoms. The topological polar surface area (TPSA) is 81.3 Å². The Morgan fingerprint density at radius 1 is 1.47 bits per heavy atom. The standard InChI is InChI=1S/C9H5Cl2NO3/c10-5-1-4(3-12)7(6(11)2-5)8(13)9(14)15/h1-2,8,13H,(H,14,15). The minimum Gasteiger partial charge on any atom is -0.479 e. The van der Waals surface area contributed by atoms with Gasteiger partial charge in [-0.25, -0.2) is 4.79 Å². The lowest BCUT2D eigenvalue weighted by atomic mass is 10.0. The first-order valence-corrected chi connectivity index (χ1v) is 4.53. The van der Waals surface area contributed by atoms with Crippen LogP contribution in [0.25, 0.3) is 0 Å². The van der Waals surface area contributed by atoms with Crippen LogP contribution in [0.2, 0.25) is 10.0 Å². The summed E-state index contributed by atoms with van der Waals surface area (Å²) < 4.78 is 0. The van der Waals surface area contributed by atoms with Gasteiger partial charge in [-0.1, -0.05) is 23.2 Å². The number of aliphatic hydroxyl groups is 1. The number of benzene rings is 1. The van der Waals surface area contributed by atoms with E-state index in [0.29, 0.717) is 0 Å². The molecule has 0 amide bonds. The van der Waals surface area contributed by atoms with Gasteiger partial charge >= 0.3 is 5.97 Å². The smallest absolute Gasteiger partial charge is 0.337 e. The molecule has 0 aliphatic carbocycles. The molecule has 0 saturated carbocycles. The predicted molar refractivity (Wildman–Crippen MR) is 53.8 cm³/mol. The summed E-state index contributed by atoms with van der Waals surface area (Å²) in [5, 5.41) is 26.8. The second kappa shape index (κ2) is 4.49. The lowest BCUT2D eigenvalue weighted by Crippen LogP contribution is -2.12. The number of halogens is 2. The van der Waals surface area contributed by atoms with Gasteiger partial charge in [0.1, 0.15) is 0 Å². The highest BCUT2D eigenvalue weighted by Crippen LogP contribution is 2.30. The van der Waals surface area contributed by atoms with Gasteiger partial charge < -0.3 is 10.2 Å². The Hall–Kier alpha value is -1.28. The molecule has 15 heavy (non-hydrogen) atoms. The lowest BCUT2D eigenvalue weighted by Gasteiger charge is -2.10. The molecule has 1 aromatic carbocycles. The van der Waals surface area contributed by atoms with Gasteiger partial charge in [-0.3, -0.25) is 0 Å². The molecule has 1 rings (SSSR count). The Morgan fingerprint density at radius 3 is 2.53 bits per heavy atom. The second-order valence-electron chi connectivity index (χ2n) is 2.70. The molecule has 2 N–H and O–H groups in total. The van der Waals surface area contributed by atoms with Crippen molar-refractivity contribution < 1.29 is 15.0 Å². The SMILES string of the molecule is N#Cc1cc(Cl)cc(Cl)c1C(O)C(=O)O. The number of nitrogens with zero attached hydrogens (tertiary/aromatic N) is 1. The van der Waals surface area contributed by atoms with Gasteiger partial charge in [0.05, 0.1) is 11.6 Å². The van der Waals surface area contributed by atoms with E-state index in [4.69, 9.17) is 33.6 Å². The summed E-state index contributed by atoms with van der Waals surface area (Å²) in [5.74, 6) is -1.48. The van der Waals surface area contributed by atoms with Crippen LogP contribution in [0.5, 0.6) is 0 Å². The molecule has 0 aliphatic heterocycles. The van der Waals surface area contributed by atoms with Crippen molar-refractivity contribution in [1.29, 1.82) is 5.26 Å². The lowest BCUT2D eigenvalue weighted by molar-refractivity contribution is -0.146. The summed E-state index contributed by atoms with van der Waals surface area (Å²) in [4.78, 5) is 10.6. The van der Waals surface area contributed by atoms with Crippen molar-refractivity contribution in [3.8, 4) is 6.07 Å². The summed E-state index contributed by atoms with van der Waals surface area (Å²) in [5.41, 5.74) is -0.196. The molecule has 0 saturated heterocycles. The van der Waals surface area contributed by atoms with Crippen LogP contribution in [0.3, 0.4) is 0 Å². The molecule has 1 unspecified atom stereocenters. The first-order valence-electron chi connectivity index (χ1n) is 3.77. The summed E-state index contributed by atoms with van der Waals surface area (Å²) in [6, 6.07) is 4.24. The Labute approximate surface area is 95.3 Å².